The van der Waals surface area contributed by atoms with Crippen molar-refractivity contribution in [3.63, 3.8) is 0 Å². The molecule has 0 spiro atoms. The van der Waals surface area contributed by atoms with Crippen molar-refractivity contribution in [2.75, 3.05) is 49.6 Å². The molecular formula is C24H28BN7O. The van der Waals surface area contributed by atoms with Gasteiger partial charge in [0.25, 0.3) is 0 Å². The molecule has 1 aromatic carbocycles. The molecule has 1 aliphatic rings. The fraction of sp³-hybridized carbons (Fsp3) is 0.333. The first kappa shape index (κ1) is 22.7. The number of aryl methyl sites for hydroxylation is 1. The maximum Gasteiger partial charge on any atom is 0.235 e. The average Bonchev–Trinajstić information content (AvgIpc) is 2.84. The summed E-state index contributed by atoms with van der Waals surface area (Å²) in [6.45, 7) is 6.22. The molecule has 168 valence electrons. The molecule has 33 heavy (non-hydrogen) atoms. The Bertz CT molecular complexity index is 1080. The van der Waals surface area contributed by atoms with Gasteiger partial charge in [0, 0.05) is 63.9 Å². The number of carbonyl (C=O) groups is 1. The van der Waals surface area contributed by atoms with Crippen LogP contribution in [0.4, 0.5) is 11.6 Å². The number of piperazine rings is 1. The molecule has 0 bridgehead atoms. The monoisotopic (exact) mass is 441 g/mol. The molecular weight excluding hydrogens is 413 g/mol. The van der Waals surface area contributed by atoms with E-state index in [1.807, 2.05) is 43.0 Å². The Kier molecular flexibility index (Phi) is 7.19. The topological polar surface area (TPSA) is 77.5 Å². The molecule has 2 aromatic heterocycles. The van der Waals surface area contributed by atoms with Crippen LogP contribution in [-0.4, -0.2) is 73.5 Å². The molecule has 0 aliphatic carbocycles. The average molecular weight is 441 g/mol. The molecule has 0 unspecified atom stereocenters. The van der Waals surface area contributed by atoms with Gasteiger partial charge in [0.1, 0.15) is 0 Å². The standard InChI is InChI=1S/C24H28BN7O/c1-18-10-22(15-26-12-18)31-6-8-32(9-7-31)24-27-13-21(14-28-24)20-5-3-4-19(11-20)17-30(2)23(33)16-29-25/h3-5,10-15,29H,6-9,16-17H2,1-2H3. The van der Waals surface area contributed by atoms with E-state index in [0.29, 0.717) is 6.54 Å². The highest BCUT2D eigenvalue weighted by Gasteiger charge is 2.19. The Morgan fingerprint density at radius 3 is 2.45 bits per heavy atom. The Morgan fingerprint density at radius 2 is 1.76 bits per heavy atom. The number of carbonyl (C=O) groups excluding carboxylic acids is 1. The zero-order valence-corrected chi connectivity index (χ0v) is 19.1. The highest BCUT2D eigenvalue weighted by molar-refractivity contribution is 6.06. The van der Waals surface area contributed by atoms with Crippen molar-refractivity contribution >= 4 is 25.5 Å². The molecule has 1 aliphatic heterocycles. The van der Waals surface area contributed by atoms with Gasteiger partial charge < -0.3 is 19.9 Å². The first-order valence-electron chi connectivity index (χ1n) is 11.0. The number of nitrogens with zero attached hydrogens (tertiary/aromatic N) is 6. The molecule has 3 aromatic rings. The van der Waals surface area contributed by atoms with Gasteiger partial charge in [-0.3, -0.25) is 9.78 Å². The zero-order chi connectivity index (χ0) is 23.2. The predicted molar refractivity (Wildman–Crippen MR) is 131 cm³/mol. The van der Waals surface area contributed by atoms with Crippen molar-refractivity contribution in [2.24, 2.45) is 0 Å². The Hall–Kier alpha value is -3.46. The Balaban J connectivity index is 1.38. The van der Waals surface area contributed by atoms with Gasteiger partial charge in [-0.25, -0.2) is 9.97 Å². The molecule has 2 radical (unpaired) electrons. The lowest BCUT2D eigenvalue weighted by molar-refractivity contribution is -0.129. The summed E-state index contributed by atoms with van der Waals surface area (Å²) >= 11 is 0. The fourth-order valence-electron chi connectivity index (χ4n) is 3.94. The number of amides is 1. The van der Waals surface area contributed by atoms with Gasteiger partial charge >= 0.3 is 0 Å². The van der Waals surface area contributed by atoms with Gasteiger partial charge in [-0.1, -0.05) is 18.2 Å². The first-order chi connectivity index (χ1) is 16.0. The van der Waals surface area contributed by atoms with Crippen LogP contribution in [0.5, 0.6) is 0 Å². The number of anilines is 2. The number of likely N-dealkylation sites (N-methyl/N-ethyl adjacent to an activating group) is 1. The first-order valence-corrected chi connectivity index (χ1v) is 11.0. The Labute approximate surface area is 196 Å². The number of hydrogen-bond acceptors (Lipinski definition) is 7. The van der Waals surface area contributed by atoms with E-state index in [1.54, 1.807) is 11.9 Å². The van der Waals surface area contributed by atoms with Gasteiger partial charge in [0.05, 0.1) is 18.4 Å². The predicted octanol–water partition coefficient (Wildman–Crippen LogP) is 1.81. The molecule has 1 amide bonds. The second-order valence-corrected chi connectivity index (χ2v) is 8.30. The molecule has 1 fully saturated rings. The van der Waals surface area contributed by atoms with Gasteiger partial charge in [0.2, 0.25) is 11.9 Å². The lowest BCUT2D eigenvalue weighted by Crippen LogP contribution is -2.47. The molecule has 0 atom stereocenters. The number of nitrogens with one attached hydrogen (secondary N) is 1. The summed E-state index contributed by atoms with van der Waals surface area (Å²) in [4.78, 5) is 31.7. The highest BCUT2D eigenvalue weighted by atomic mass is 16.2. The largest absolute Gasteiger partial charge is 0.367 e. The van der Waals surface area contributed by atoms with E-state index in [9.17, 15) is 4.79 Å². The van der Waals surface area contributed by atoms with Crippen molar-refractivity contribution < 1.29 is 4.79 Å². The van der Waals surface area contributed by atoms with Gasteiger partial charge in [-0.15, -0.1) is 0 Å². The third-order valence-electron chi connectivity index (χ3n) is 5.79. The second kappa shape index (κ2) is 10.4. The lowest BCUT2D eigenvalue weighted by atomic mass is 10.1. The lowest BCUT2D eigenvalue weighted by Gasteiger charge is -2.36. The summed E-state index contributed by atoms with van der Waals surface area (Å²) in [5.41, 5.74) is 5.34. The SMILES string of the molecule is [B]NCC(=O)N(C)Cc1cccc(-c2cnc(N3CCN(c4cncc(C)c4)CC3)nc2)c1. The van der Waals surface area contributed by atoms with E-state index in [2.05, 4.69) is 49.0 Å². The quantitative estimate of drug-likeness (QED) is 0.561. The minimum absolute atomic E-state index is 0.0608. The van der Waals surface area contributed by atoms with Crippen molar-refractivity contribution in [3.8, 4) is 11.1 Å². The third-order valence-corrected chi connectivity index (χ3v) is 5.79. The maximum absolute atomic E-state index is 12.0. The highest BCUT2D eigenvalue weighted by Crippen LogP contribution is 2.22. The van der Waals surface area contributed by atoms with Crippen molar-refractivity contribution in [2.45, 2.75) is 13.5 Å². The van der Waals surface area contributed by atoms with E-state index < -0.39 is 0 Å². The van der Waals surface area contributed by atoms with E-state index in [4.69, 9.17) is 7.98 Å². The van der Waals surface area contributed by atoms with Crippen molar-refractivity contribution in [1.82, 2.24) is 25.1 Å². The van der Waals surface area contributed by atoms with Crippen LogP contribution in [-0.2, 0) is 11.3 Å². The number of benzene rings is 1. The molecule has 3 heterocycles. The zero-order valence-electron chi connectivity index (χ0n) is 19.1. The maximum atomic E-state index is 12.0. The van der Waals surface area contributed by atoms with E-state index in [0.717, 1.165) is 54.5 Å². The number of aromatic nitrogens is 3. The van der Waals surface area contributed by atoms with Crippen LogP contribution < -0.4 is 15.0 Å². The number of hydrogen-bond donors (Lipinski definition) is 1. The van der Waals surface area contributed by atoms with Crippen molar-refractivity contribution in [1.29, 1.82) is 0 Å². The molecule has 1 saturated heterocycles. The summed E-state index contributed by atoms with van der Waals surface area (Å²) in [6, 6.07) is 10.2. The van der Waals surface area contributed by atoms with Crippen LogP contribution in [0.25, 0.3) is 11.1 Å². The number of pyridine rings is 1. The summed E-state index contributed by atoms with van der Waals surface area (Å²) in [6.07, 6.45) is 7.53. The van der Waals surface area contributed by atoms with Crippen LogP contribution in [0.1, 0.15) is 11.1 Å². The fourth-order valence-corrected chi connectivity index (χ4v) is 3.94. The van der Waals surface area contributed by atoms with Gasteiger partial charge in [0.15, 0.2) is 7.98 Å². The number of rotatable bonds is 7. The van der Waals surface area contributed by atoms with Crippen molar-refractivity contribution in [3.05, 3.63) is 66.2 Å². The smallest absolute Gasteiger partial charge is 0.235 e. The molecule has 8 nitrogen and oxygen atoms in total. The van der Waals surface area contributed by atoms with Crippen LogP contribution in [0.3, 0.4) is 0 Å². The molecule has 1 N–H and O–H groups in total. The van der Waals surface area contributed by atoms with Crippen LogP contribution in [0, 0.1) is 6.92 Å². The summed E-state index contributed by atoms with van der Waals surface area (Å²) in [5, 5.41) is 2.40. The van der Waals surface area contributed by atoms with Crippen LogP contribution in [0.2, 0.25) is 0 Å². The second-order valence-electron chi connectivity index (χ2n) is 8.30. The normalized spacial score (nSPS) is 13.8. The Morgan fingerprint density at radius 1 is 1.03 bits per heavy atom. The molecule has 0 saturated carbocycles. The van der Waals surface area contributed by atoms with E-state index in [1.165, 1.54) is 5.56 Å². The van der Waals surface area contributed by atoms with Gasteiger partial charge in [-0.05, 0) is 35.7 Å². The third kappa shape index (κ3) is 5.67. The van der Waals surface area contributed by atoms with Gasteiger partial charge in [-0.2, -0.15) is 0 Å². The van der Waals surface area contributed by atoms with Crippen LogP contribution >= 0.6 is 0 Å². The molecule has 4 rings (SSSR count). The molecule has 9 heteroatoms. The van der Waals surface area contributed by atoms with E-state index in [-0.39, 0.29) is 12.5 Å². The van der Waals surface area contributed by atoms with Crippen LogP contribution in [0.15, 0.2) is 55.1 Å². The van der Waals surface area contributed by atoms with E-state index >= 15 is 0 Å². The summed E-state index contributed by atoms with van der Waals surface area (Å²) in [7, 11) is 7.01. The summed E-state index contributed by atoms with van der Waals surface area (Å²) < 4.78 is 0. The minimum atomic E-state index is -0.0608. The summed E-state index contributed by atoms with van der Waals surface area (Å²) in [5.74, 6) is 0.686. The minimum Gasteiger partial charge on any atom is -0.367 e.